The average molecular weight is 239 g/mol. The van der Waals surface area contributed by atoms with Gasteiger partial charge in [0.15, 0.2) is 0 Å². The molecular formula is C6H9NO5S2. The van der Waals surface area contributed by atoms with Gasteiger partial charge in [-0.3, -0.25) is 0 Å². The Hall–Kier alpha value is -0.760. The van der Waals surface area contributed by atoms with Crippen molar-refractivity contribution in [1.29, 1.82) is 0 Å². The quantitative estimate of drug-likeness (QED) is 0.412. The van der Waals surface area contributed by atoms with E-state index in [-0.39, 0.29) is 11.5 Å². The Morgan fingerprint density at radius 2 is 2.14 bits per heavy atom. The van der Waals surface area contributed by atoms with Crippen molar-refractivity contribution in [2.24, 2.45) is 0 Å². The molecule has 1 saturated heterocycles. The highest BCUT2D eigenvalue weighted by atomic mass is 33.1. The maximum atomic E-state index is 11.0. The summed E-state index contributed by atoms with van der Waals surface area (Å²) in [4.78, 5) is 21.4. The van der Waals surface area contributed by atoms with Crippen LogP contribution in [0.2, 0.25) is 0 Å². The van der Waals surface area contributed by atoms with Crippen LogP contribution in [0.3, 0.4) is 0 Å². The van der Waals surface area contributed by atoms with Crippen LogP contribution in [0.4, 0.5) is 4.79 Å². The topological polar surface area (TPSA) is 89.5 Å². The highest BCUT2D eigenvalue weighted by molar-refractivity contribution is 8.72. The fourth-order valence-electron chi connectivity index (χ4n) is 0.758. The highest BCUT2D eigenvalue weighted by Crippen LogP contribution is 2.16. The number of rotatable bonds is 4. The molecule has 80 valence electrons. The van der Waals surface area contributed by atoms with Crippen molar-refractivity contribution in [2.45, 2.75) is 13.0 Å². The monoisotopic (exact) mass is 239 g/mol. The van der Waals surface area contributed by atoms with E-state index in [1.165, 1.54) is 6.92 Å². The maximum Gasteiger partial charge on any atom is 0.415 e. The number of ether oxygens (including phenoxy) is 1. The Labute approximate surface area is 84.7 Å². The van der Waals surface area contributed by atoms with E-state index in [0.717, 1.165) is 0 Å². The molecule has 0 bridgehead atoms. The van der Waals surface area contributed by atoms with Gasteiger partial charge in [-0.2, -0.15) is 0 Å². The number of alkyl carbamates (subject to hydrolysis) is 1. The lowest BCUT2D eigenvalue weighted by Gasteiger charge is -2.03. The molecule has 0 aliphatic carbocycles. The molecule has 1 fully saturated rings. The molecule has 0 saturated carbocycles. The number of nitrogens with one attached hydrogen (secondary N) is 1. The predicted octanol–water partition coefficient (Wildman–Crippen LogP) is -0.296. The van der Waals surface area contributed by atoms with Gasteiger partial charge >= 0.3 is 12.1 Å². The summed E-state index contributed by atoms with van der Waals surface area (Å²) >= 11 is 0. The molecule has 0 radical (unpaired) electrons. The second-order valence-electron chi connectivity index (χ2n) is 2.54. The number of cyclic esters (lactones) is 2. The van der Waals surface area contributed by atoms with E-state index in [1.54, 1.807) is 0 Å². The molecule has 0 spiro atoms. The van der Waals surface area contributed by atoms with Gasteiger partial charge in [-0.05, 0) is 10.8 Å². The molecule has 1 aliphatic rings. The summed E-state index contributed by atoms with van der Waals surface area (Å²) in [6.45, 7) is 1.51. The maximum absolute atomic E-state index is 11.0. The van der Waals surface area contributed by atoms with Gasteiger partial charge in [0.1, 0.15) is 6.04 Å². The third-order valence-electron chi connectivity index (χ3n) is 1.54. The Bertz CT molecular complexity index is 349. The summed E-state index contributed by atoms with van der Waals surface area (Å²) in [5.74, 6) is -0.748. The van der Waals surface area contributed by atoms with E-state index in [2.05, 4.69) is 10.1 Å². The fourth-order valence-corrected chi connectivity index (χ4v) is 3.02. The van der Waals surface area contributed by atoms with Crippen molar-refractivity contribution in [3.05, 3.63) is 0 Å². The number of carbonyl (C=O) groups is 2. The van der Waals surface area contributed by atoms with E-state index in [1.807, 2.05) is 0 Å². The first-order chi connectivity index (χ1) is 6.44. The van der Waals surface area contributed by atoms with Crippen LogP contribution in [0.15, 0.2) is 0 Å². The van der Waals surface area contributed by atoms with E-state index in [4.69, 9.17) is 0 Å². The lowest BCUT2D eigenvalue weighted by Crippen LogP contribution is -2.31. The van der Waals surface area contributed by atoms with Crippen molar-refractivity contribution in [3.8, 4) is 0 Å². The van der Waals surface area contributed by atoms with Gasteiger partial charge < -0.3 is 10.1 Å². The number of amides is 1. The van der Waals surface area contributed by atoms with Gasteiger partial charge in [0.25, 0.3) is 0 Å². The van der Waals surface area contributed by atoms with Crippen molar-refractivity contribution >= 4 is 31.7 Å². The lowest BCUT2D eigenvalue weighted by molar-refractivity contribution is -0.134. The molecule has 1 N–H and O–H groups in total. The third kappa shape index (κ3) is 2.88. The Morgan fingerprint density at radius 1 is 1.50 bits per heavy atom. The molecule has 1 heterocycles. The van der Waals surface area contributed by atoms with Crippen LogP contribution in [0.1, 0.15) is 6.92 Å². The van der Waals surface area contributed by atoms with Crippen molar-refractivity contribution in [3.63, 3.8) is 0 Å². The minimum atomic E-state index is -3.19. The zero-order valence-electron chi connectivity index (χ0n) is 7.35. The molecule has 1 rings (SSSR count). The summed E-state index contributed by atoms with van der Waals surface area (Å²) in [5.41, 5.74) is 0. The van der Waals surface area contributed by atoms with Crippen LogP contribution in [0.25, 0.3) is 0 Å². The first-order valence-electron chi connectivity index (χ1n) is 3.84. The Kier molecular flexibility index (Phi) is 3.38. The molecule has 0 aromatic rings. The molecule has 6 nitrogen and oxygen atoms in total. The van der Waals surface area contributed by atoms with Gasteiger partial charge in [0.2, 0.25) is 8.87 Å². The number of esters is 1. The van der Waals surface area contributed by atoms with Crippen molar-refractivity contribution in [2.75, 3.05) is 11.5 Å². The molecule has 1 aliphatic heterocycles. The minimum Gasteiger partial charge on any atom is -0.375 e. The second-order valence-corrected chi connectivity index (χ2v) is 7.03. The molecule has 1 amide bonds. The van der Waals surface area contributed by atoms with Crippen molar-refractivity contribution < 1.29 is 22.7 Å². The normalized spacial score (nSPS) is 21.9. The number of carbonyl (C=O) groups excluding carboxylic acids is 2. The Morgan fingerprint density at radius 3 is 2.57 bits per heavy atom. The zero-order chi connectivity index (χ0) is 10.8. The van der Waals surface area contributed by atoms with E-state index >= 15 is 0 Å². The smallest absolute Gasteiger partial charge is 0.375 e. The van der Waals surface area contributed by atoms with Gasteiger partial charge in [-0.15, -0.1) is 0 Å². The number of hydrogen-bond acceptors (Lipinski definition) is 6. The summed E-state index contributed by atoms with van der Waals surface area (Å²) in [6.07, 6.45) is -0.825. The van der Waals surface area contributed by atoms with Crippen LogP contribution in [-0.2, 0) is 18.4 Å². The molecular weight excluding hydrogens is 230 g/mol. The molecule has 0 aromatic heterocycles. The van der Waals surface area contributed by atoms with Crippen molar-refractivity contribution in [1.82, 2.24) is 5.32 Å². The summed E-state index contributed by atoms with van der Waals surface area (Å²) in [6, 6.07) is -0.853. The van der Waals surface area contributed by atoms with E-state index in [9.17, 15) is 18.0 Å². The molecule has 14 heavy (non-hydrogen) atoms. The summed E-state index contributed by atoms with van der Waals surface area (Å²) in [7, 11) is -2.55. The van der Waals surface area contributed by atoms with Gasteiger partial charge in [0.05, 0.1) is 5.75 Å². The van der Waals surface area contributed by atoms with Gasteiger partial charge in [-0.25, -0.2) is 18.0 Å². The van der Waals surface area contributed by atoms with E-state index in [0.29, 0.717) is 10.8 Å². The predicted molar refractivity (Wildman–Crippen MR) is 50.3 cm³/mol. The molecule has 0 aromatic carbocycles. The van der Waals surface area contributed by atoms with Crippen LogP contribution < -0.4 is 5.32 Å². The average Bonchev–Trinajstić information content (AvgIpc) is 2.42. The zero-order valence-corrected chi connectivity index (χ0v) is 8.98. The molecule has 8 heteroatoms. The van der Waals surface area contributed by atoms with Crippen LogP contribution in [-0.4, -0.2) is 38.0 Å². The standard InChI is InChI=1S/C6H9NO5S2/c1-2-14(10,11)13-3-4-5(8)12-6(9)7-4/h4H,2-3H2,1H3,(H,7,9)/t4-/m0/s1. The SMILES string of the molecule is CCS(=O)(=O)SC[C@@H]1NC(=O)OC1=O. The van der Waals surface area contributed by atoms with Crippen LogP contribution >= 0.6 is 10.8 Å². The third-order valence-corrected chi connectivity index (χ3v) is 5.27. The summed E-state index contributed by atoms with van der Waals surface area (Å²) < 4.78 is 26.3. The first-order valence-corrected chi connectivity index (χ1v) is 6.99. The van der Waals surface area contributed by atoms with Gasteiger partial charge in [0, 0.05) is 5.75 Å². The highest BCUT2D eigenvalue weighted by Gasteiger charge is 2.33. The fraction of sp³-hybridized carbons (Fsp3) is 0.667. The Balaban J connectivity index is 2.47. The van der Waals surface area contributed by atoms with Crippen LogP contribution in [0, 0.1) is 0 Å². The summed E-state index contributed by atoms with van der Waals surface area (Å²) in [5, 5.41) is 2.20. The van der Waals surface area contributed by atoms with Crippen LogP contribution in [0.5, 0.6) is 0 Å². The molecule has 0 unspecified atom stereocenters. The largest absolute Gasteiger partial charge is 0.415 e. The van der Waals surface area contributed by atoms with E-state index < -0.39 is 27.0 Å². The number of hydrogen-bond donors (Lipinski definition) is 1. The molecule has 1 atom stereocenters. The minimum absolute atomic E-state index is 0.00657. The van der Waals surface area contributed by atoms with Gasteiger partial charge in [-0.1, -0.05) is 6.92 Å². The lowest BCUT2D eigenvalue weighted by atomic mass is 10.4. The second kappa shape index (κ2) is 4.18. The first kappa shape index (κ1) is 11.3.